The van der Waals surface area contributed by atoms with Gasteiger partial charge in [0.1, 0.15) is 0 Å². The van der Waals surface area contributed by atoms with Gasteiger partial charge in [0.15, 0.2) is 12.0 Å². The van der Waals surface area contributed by atoms with Crippen LogP contribution in [0.25, 0.3) is 16.3 Å². The van der Waals surface area contributed by atoms with Gasteiger partial charge in [-0.3, -0.25) is 9.59 Å². The number of hydrogen-bond acceptors (Lipinski definition) is 4. The number of ketones is 1. The topological polar surface area (TPSA) is 72.6 Å². The Hall–Kier alpha value is -3.60. The Morgan fingerprint density at radius 1 is 1.00 bits per heavy atom. The number of carbonyl (C=O) groups excluding carboxylic acids is 2. The molecule has 0 bridgehead atoms. The van der Waals surface area contributed by atoms with Crippen molar-refractivity contribution in [3.05, 3.63) is 89.3 Å². The third kappa shape index (κ3) is 2.91. The van der Waals surface area contributed by atoms with Gasteiger partial charge in [-0.25, -0.2) is 0 Å². The first-order valence-corrected chi connectivity index (χ1v) is 8.97. The zero-order chi connectivity index (χ0) is 19.8. The molecule has 140 valence electrons. The maximum atomic E-state index is 13.2. The number of ether oxygens (including phenoxy) is 1. The lowest BCUT2D eigenvalue weighted by Crippen LogP contribution is -2.21. The van der Waals surface area contributed by atoms with Crippen molar-refractivity contribution in [2.75, 3.05) is 14.1 Å². The van der Waals surface area contributed by atoms with E-state index in [2.05, 4.69) is 0 Å². The molecule has 5 nitrogen and oxygen atoms in total. The van der Waals surface area contributed by atoms with Gasteiger partial charge in [0.25, 0.3) is 5.91 Å². The quantitative estimate of drug-likeness (QED) is 0.764. The van der Waals surface area contributed by atoms with Crippen LogP contribution < -0.4 is 5.73 Å². The predicted molar refractivity (Wildman–Crippen MR) is 108 cm³/mol. The molecule has 1 aliphatic heterocycles. The highest BCUT2D eigenvalue weighted by molar-refractivity contribution is 6.25. The molecule has 0 saturated heterocycles. The molecule has 3 aromatic rings. The van der Waals surface area contributed by atoms with E-state index in [9.17, 15) is 9.59 Å². The zero-order valence-electron chi connectivity index (χ0n) is 15.7. The smallest absolute Gasteiger partial charge is 0.253 e. The number of nitrogens with two attached hydrogens (primary N) is 1. The second-order valence-corrected chi connectivity index (χ2v) is 6.95. The van der Waals surface area contributed by atoms with E-state index in [4.69, 9.17) is 10.5 Å². The summed E-state index contributed by atoms with van der Waals surface area (Å²) in [4.78, 5) is 27.0. The van der Waals surface area contributed by atoms with Crippen molar-refractivity contribution >= 4 is 28.0 Å². The average Bonchev–Trinajstić information content (AvgIpc) is 3.00. The van der Waals surface area contributed by atoms with Crippen molar-refractivity contribution in [2.24, 2.45) is 5.73 Å². The molecule has 1 unspecified atom stereocenters. The lowest BCUT2D eigenvalue weighted by molar-refractivity contribution is -0.120. The van der Waals surface area contributed by atoms with E-state index in [1.165, 1.54) is 4.90 Å². The Bertz CT molecular complexity index is 1130. The summed E-state index contributed by atoms with van der Waals surface area (Å²) >= 11 is 0. The second-order valence-electron chi connectivity index (χ2n) is 6.95. The van der Waals surface area contributed by atoms with Gasteiger partial charge >= 0.3 is 0 Å². The summed E-state index contributed by atoms with van der Waals surface area (Å²) in [5, 5.41) is 1.98. The number of fused-ring (bicyclic) bond motifs is 1. The lowest BCUT2D eigenvalue weighted by atomic mass is 9.93. The molecule has 2 N–H and O–H groups in total. The van der Waals surface area contributed by atoms with Crippen LogP contribution in [0.3, 0.4) is 0 Å². The first-order chi connectivity index (χ1) is 13.5. The van der Waals surface area contributed by atoms with Crippen LogP contribution in [0.5, 0.6) is 0 Å². The van der Waals surface area contributed by atoms with Crippen LogP contribution in [-0.2, 0) is 9.53 Å². The number of nitrogens with zero attached hydrogens (tertiary/aromatic N) is 1. The molecule has 0 spiro atoms. The van der Waals surface area contributed by atoms with Gasteiger partial charge in [-0.1, -0.05) is 54.6 Å². The van der Waals surface area contributed by atoms with Crippen molar-refractivity contribution in [3.8, 4) is 0 Å². The van der Waals surface area contributed by atoms with E-state index in [0.29, 0.717) is 16.7 Å². The van der Waals surface area contributed by atoms with E-state index < -0.39 is 6.10 Å². The van der Waals surface area contributed by atoms with Crippen LogP contribution in [0.4, 0.5) is 0 Å². The Balaban J connectivity index is 1.73. The highest BCUT2D eigenvalue weighted by Gasteiger charge is 2.37. The molecule has 5 heteroatoms. The van der Waals surface area contributed by atoms with Gasteiger partial charge in [-0.2, -0.15) is 0 Å². The molecular formula is C23H20N2O3. The summed E-state index contributed by atoms with van der Waals surface area (Å²) < 4.78 is 5.80. The molecule has 1 heterocycles. The largest absolute Gasteiger partial charge is 0.462 e. The minimum absolute atomic E-state index is 0.0809. The SMILES string of the molecule is CN(C)C(=O)c1cccc(C2=C(N)OC(c3cccc4ccccc34)C2=O)c1. The fourth-order valence-corrected chi connectivity index (χ4v) is 3.53. The van der Waals surface area contributed by atoms with Crippen molar-refractivity contribution in [1.82, 2.24) is 4.90 Å². The molecular weight excluding hydrogens is 352 g/mol. The summed E-state index contributed by atoms with van der Waals surface area (Å²) in [6.45, 7) is 0. The average molecular weight is 372 g/mol. The molecule has 1 aliphatic rings. The Labute approximate surface area is 163 Å². The van der Waals surface area contributed by atoms with Crippen LogP contribution in [0.15, 0.2) is 72.6 Å². The van der Waals surface area contributed by atoms with Crippen molar-refractivity contribution in [2.45, 2.75) is 6.10 Å². The molecule has 0 fully saturated rings. The Kier molecular flexibility index (Phi) is 4.35. The van der Waals surface area contributed by atoms with Gasteiger partial charge in [0.05, 0.1) is 5.57 Å². The molecule has 0 aliphatic carbocycles. The standard InChI is InChI=1S/C23H20N2O3/c1-25(2)23(27)16-10-5-9-15(13-16)19-20(26)21(28-22(19)24)18-12-6-8-14-7-3-4-11-17(14)18/h3-13,21H,24H2,1-2H3. The number of hydrogen-bond donors (Lipinski definition) is 1. The minimum Gasteiger partial charge on any atom is -0.462 e. The molecule has 0 aromatic heterocycles. The molecule has 0 radical (unpaired) electrons. The summed E-state index contributed by atoms with van der Waals surface area (Å²) in [5.41, 5.74) is 8.26. The van der Waals surface area contributed by atoms with Crippen LogP contribution in [-0.4, -0.2) is 30.7 Å². The van der Waals surface area contributed by atoms with E-state index in [0.717, 1.165) is 16.3 Å². The third-order valence-electron chi connectivity index (χ3n) is 4.89. The van der Waals surface area contributed by atoms with Crippen LogP contribution in [0.2, 0.25) is 0 Å². The molecule has 4 rings (SSSR count). The lowest BCUT2D eigenvalue weighted by Gasteiger charge is -2.13. The van der Waals surface area contributed by atoms with E-state index in [-0.39, 0.29) is 17.6 Å². The monoisotopic (exact) mass is 372 g/mol. The maximum absolute atomic E-state index is 13.2. The fourth-order valence-electron chi connectivity index (χ4n) is 3.53. The van der Waals surface area contributed by atoms with Gasteiger partial charge in [0, 0.05) is 25.2 Å². The van der Waals surface area contributed by atoms with Crippen LogP contribution in [0.1, 0.15) is 27.6 Å². The Morgan fingerprint density at radius 3 is 2.50 bits per heavy atom. The van der Waals surface area contributed by atoms with Crippen LogP contribution in [0, 0.1) is 0 Å². The van der Waals surface area contributed by atoms with Crippen molar-refractivity contribution in [1.29, 1.82) is 0 Å². The number of carbonyl (C=O) groups is 2. The van der Waals surface area contributed by atoms with Crippen LogP contribution >= 0.6 is 0 Å². The first-order valence-electron chi connectivity index (χ1n) is 8.97. The number of amides is 1. The van der Waals surface area contributed by atoms with E-state index >= 15 is 0 Å². The maximum Gasteiger partial charge on any atom is 0.253 e. The normalized spacial score (nSPS) is 16.4. The predicted octanol–water partition coefficient (Wildman–Crippen LogP) is 3.51. The van der Waals surface area contributed by atoms with Crippen molar-refractivity contribution in [3.63, 3.8) is 0 Å². The fraction of sp³-hybridized carbons (Fsp3) is 0.130. The van der Waals surface area contributed by atoms with Gasteiger partial charge in [-0.05, 0) is 28.5 Å². The number of benzene rings is 3. The summed E-state index contributed by atoms with van der Waals surface area (Å²) in [6, 6.07) is 20.5. The number of rotatable bonds is 3. The highest BCUT2D eigenvalue weighted by atomic mass is 16.5. The molecule has 3 aromatic carbocycles. The first kappa shape index (κ1) is 17.8. The van der Waals surface area contributed by atoms with Gasteiger partial charge in [-0.15, -0.1) is 0 Å². The molecule has 28 heavy (non-hydrogen) atoms. The van der Waals surface area contributed by atoms with Gasteiger partial charge < -0.3 is 15.4 Å². The van der Waals surface area contributed by atoms with E-state index in [1.54, 1.807) is 38.4 Å². The highest BCUT2D eigenvalue weighted by Crippen LogP contribution is 2.38. The van der Waals surface area contributed by atoms with Gasteiger partial charge in [0.2, 0.25) is 5.78 Å². The van der Waals surface area contributed by atoms with E-state index in [1.807, 2.05) is 42.5 Å². The minimum atomic E-state index is -0.797. The summed E-state index contributed by atoms with van der Waals surface area (Å²) in [7, 11) is 3.37. The summed E-state index contributed by atoms with van der Waals surface area (Å²) in [5.74, 6) is -0.265. The van der Waals surface area contributed by atoms with Crippen molar-refractivity contribution < 1.29 is 14.3 Å². The second kappa shape index (κ2) is 6.85. The molecule has 0 saturated carbocycles. The Morgan fingerprint density at radius 2 is 1.71 bits per heavy atom. The molecule has 1 atom stereocenters. The molecule has 1 amide bonds. The summed E-state index contributed by atoms with van der Waals surface area (Å²) in [6.07, 6.45) is -0.797. The number of Topliss-reactive ketones (excluding diaryl/α,β-unsaturated/α-hetero) is 1. The zero-order valence-corrected chi connectivity index (χ0v) is 15.7. The third-order valence-corrected chi connectivity index (χ3v) is 4.89.